The highest BCUT2D eigenvalue weighted by Gasteiger charge is 2.22. The number of nitrogens with zero attached hydrogens (tertiary/aromatic N) is 1. The number of halogens is 1. The van der Waals surface area contributed by atoms with Crippen LogP contribution in [-0.4, -0.2) is 25.1 Å². The fourth-order valence-corrected chi connectivity index (χ4v) is 2.01. The predicted molar refractivity (Wildman–Crippen MR) is 68.0 cm³/mol. The Balaban J connectivity index is 3.34. The van der Waals surface area contributed by atoms with E-state index in [2.05, 4.69) is 20.7 Å². The molecule has 18 heavy (non-hydrogen) atoms. The molecule has 0 fully saturated rings. The molecule has 1 rings (SSSR count). The second kappa shape index (κ2) is 6.34. The van der Waals surface area contributed by atoms with Crippen LogP contribution >= 0.6 is 15.9 Å². The largest absolute Gasteiger partial charge is 0.496 e. The van der Waals surface area contributed by atoms with E-state index in [-0.39, 0.29) is 12.1 Å². The lowest BCUT2D eigenvalue weighted by Gasteiger charge is -2.09. The van der Waals surface area contributed by atoms with E-state index >= 15 is 0 Å². The van der Waals surface area contributed by atoms with Crippen molar-refractivity contribution < 1.29 is 19.2 Å². The Kier molecular flexibility index (Phi) is 5.08. The number of benzene rings is 1. The molecule has 6 nitrogen and oxygen atoms in total. The maximum Gasteiger partial charge on any atom is 0.310 e. The molecule has 7 heteroatoms. The smallest absolute Gasteiger partial charge is 0.310 e. The van der Waals surface area contributed by atoms with E-state index in [1.165, 1.54) is 20.3 Å². The Labute approximate surface area is 112 Å². The SMILES string of the molecule is COC(=O)Cc1c(CBr)cc(OC)cc1[N+](=O)[O-]. The Morgan fingerprint density at radius 1 is 1.44 bits per heavy atom. The highest BCUT2D eigenvalue weighted by molar-refractivity contribution is 9.08. The van der Waals surface area contributed by atoms with Gasteiger partial charge in [0.05, 0.1) is 31.6 Å². The molecule has 98 valence electrons. The van der Waals surface area contributed by atoms with Gasteiger partial charge in [-0.1, -0.05) is 15.9 Å². The molecule has 0 unspecified atom stereocenters. The van der Waals surface area contributed by atoms with E-state index in [1.807, 2.05) is 0 Å². The summed E-state index contributed by atoms with van der Waals surface area (Å²) in [7, 11) is 2.67. The van der Waals surface area contributed by atoms with Crippen LogP contribution in [0.3, 0.4) is 0 Å². The number of carbonyl (C=O) groups excluding carboxylic acids is 1. The highest BCUT2D eigenvalue weighted by atomic mass is 79.9. The number of ether oxygens (including phenoxy) is 2. The number of hydrogen-bond donors (Lipinski definition) is 0. The summed E-state index contributed by atoms with van der Waals surface area (Å²) in [6.45, 7) is 0. The van der Waals surface area contributed by atoms with Crippen LogP contribution in [0, 0.1) is 10.1 Å². The maximum absolute atomic E-state index is 11.3. The van der Waals surface area contributed by atoms with E-state index in [1.54, 1.807) is 6.07 Å². The van der Waals surface area contributed by atoms with Crippen LogP contribution in [0.1, 0.15) is 11.1 Å². The third kappa shape index (κ3) is 3.19. The molecule has 0 radical (unpaired) electrons. The minimum absolute atomic E-state index is 0.141. The monoisotopic (exact) mass is 317 g/mol. The lowest BCUT2D eigenvalue weighted by atomic mass is 10.0. The summed E-state index contributed by atoms with van der Waals surface area (Å²) in [5.41, 5.74) is 0.824. The molecule has 1 aromatic carbocycles. The van der Waals surface area contributed by atoms with Crippen molar-refractivity contribution in [2.24, 2.45) is 0 Å². The van der Waals surface area contributed by atoms with Gasteiger partial charge in [0.1, 0.15) is 5.75 Å². The topological polar surface area (TPSA) is 78.7 Å². The zero-order chi connectivity index (χ0) is 13.7. The molecule has 0 aliphatic heterocycles. The second-order valence-corrected chi connectivity index (χ2v) is 3.99. The molecular weight excluding hydrogens is 306 g/mol. The van der Waals surface area contributed by atoms with Crippen molar-refractivity contribution in [1.82, 2.24) is 0 Å². The average Bonchev–Trinajstić information content (AvgIpc) is 2.38. The lowest BCUT2D eigenvalue weighted by molar-refractivity contribution is -0.385. The van der Waals surface area contributed by atoms with Crippen LogP contribution in [0.2, 0.25) is 0 Å². The molecule has 0 aliphatic carbocycles. The summed E-state index contributed by atoms with van der Waals surface area (Å²) in [5.74, 6) is -0.143. The van der Waals surface area contributed by atoms with Gasteiger partial charge >= 0.3 is 5.97 Å². The number of esters is 1. The third-order valence-corrected chi connectivity index (χ3v) is 3.02. The first-order chi connectivity index (χ1) is 8.53. The van der Waals surface area contributed by atoms with Crippen molar-refractivity contribution >= 4 is 27.6 Å². The number of rotatable bonds is 5. The number of nitro groups is 1. The third-order valence-electron chi connectivity index (χ3n) is 2.42. The van der Waals surface area contributed by atoms with Gasteiger partial charge < -0.3 is 9.47 Å². The van der Waals surface area contributed by atoms with Crippen molar-refractivity contribution in [3.63, 3.8) is 0 Å². The van der Waals surface area contributed by atoms with Crippen LogP contribution in [0.5, 0.6) is 5.75 Å². The van der Waals surface area contributed by atoms with E-state index in [0.717, 1.165) is 0 Å². The van der Waals surface area contributed by atoms with Crippen LogP contribution in [0.25, 0.3) is 0 Å². The summed E-state index contributed by atoms with van der Waals surface area (Å²) in [5, 5.41) is 11.4. The lowest BCUT2D eigenvalue weighted by Crippen LogP contribution is -2.09. The highest BCUT2D eigenvalue weighted by Crippen LogP contribution is 2.30. The Bertz CT molecular complexity index is 475. The molecule has 0 saturated heterocycles. The normalized spacial score (nSPS) is 9.94. The van der Waals surface area contributed by atoms with E-state index in [0.29, 0.717) is 22.2 Å². The van der Waals surface area contributed by atoms with Gasteiger partial charge in [0.15, 0.2) is 0 Å². The predicted octanol–water partition coefficient (Wildman–Crippen LogP) is 2.21. The van der Waals surface area contributed by atoms with Crippen LogP contribution in [0.15, 0.2) is 12.1 Å². The molecule has 0 atom stereocenters. The first-order valence-electron chi connectivity index (χ1n) is 5.00. The molecule has 1 aromatic rings. The number of alkyl halides is 1. The number of nitro benzene ring substituents is 1. The Hall–Kier alpha value is -1.63. The molecule has 0 saturated carbocycles. The number of carbonyl (C=O) groups is 1. The summed E-state index contributed by atoms with van der Waals surface area (Å²) >= 11 is 3.24. The molecule has 0 amide bonds. The summed E-state index contributed by atoms with van der Waals surface area (Å²) in [4.78, 5) is 21.8. The zero-order valence-corrected chi connectivity index (χ0v) is 11.5. The summed E-state index contributed by atoms with van der Waals surface area (Å²) < 4.78 is 9.53. The molecule has 0 aliphatic rings. The van der Waals surface area contributed by atoms with Gasteiger partial charge in [-0.15, -0.1) is 0 Å². The van der Waals surface area contributed by atoms with Gasteiger partial charge in [0, 0.05) is 10.9 Å². The molecular formula is C11H12BrNO5. The molecule has 0 N–H and O–H groups in total. The second-order valence-electron chi connectivity index (χ2n) is 3.43. The summed E-state index contributed by atoms with van der Waals surface area (Å²) in [6, 6.07) is 2.95. The maximum atomic E-state index is 11.3. The Morgan fingerprint density at radius 3 is 2.56 bits per heavy atom. The van der Waals surface area contributed by atoms with Crippen LogP contribution in [-0.2, 0) is 21.3 Å². The van der Waals surface area contributed by atoms with Gasteiger partial charge in [0.25, 0.3) is 5.69 Å². The average molecular weight is 318 g/mol. The zero-order valence-electron chi connectivity index (χ0n) is 9.94. The first-order valence-corrected chi connectivity index (χ1v) is 6.12. The molecule has 0 spiro atoms. The molecule has 0 heterocycles. The minimum atomic E-state index is -0.535. The molecule has 0 bridgehead atoms. The fourth-order valence-electron chi connectivity index (χ4n) is 1.51. The fraction of sp³-hybridized carbons (Fsp3) is 0.364. The van der Waals surface area contributed by atoms with Crippen LogP contribution in [0.4, 0.5) is 5.69 Å². The van der Waals surface area contributed by atoms with E-state index < -0.39 is 10.9 Å². The van der Waals surface area contributed by atoms with Gasteiger partial charge in [0.2, 0.25) is 0 Å². The van der Waals surface area contributed by atoms with Crippen LogP contribution < -0.4 is 4.74 Å². The van der Waals surface area contributed by atoms with Crippen molar-refractivity contribution in [3.8, 4) is 5.75 Å². The van der Waals surface area contributed by atoms with Crippen molar-refractivity contribution in [3.05, 3.63) is 33.4 Å². The van der Waals surface area contributed by atoms with Crippen molar-refractivity contribution in [1.29, 1.82) is 0 Å². The quantitative estimate of drug-likeness (QED) is 0.360. The number of methoxy groups -OCH3 is 2. The minimum Gasteiger partial charge on any atom is -0.496 e. The van der Waals surface area contributed by atoms with E-state index in [9.17, 15) is 14.9 Å². The van der Waals surface area contributed by atoms with Gasteiger partial charge in [-0.05, 0) is 11.6 Å². The van der Waals surface area contributed by atoms with Crippen molar-refractivity contribution in [2.75, 3.05) is 14.2 Å². The standard InChI is InChI=1S/C11H12BrNO5/c1-17-8-3-7(6-12)9(5-11(14)18-2)10(4-8)13(15)16/h3-4H,5-6H2,1-2H3. The first kappa shape index (κ1) is 14.4. The van der Waals surface area contributed by atoms with Gasteiger partial charge in [-0.3, -0.25) is 14.9 Å². The van der Waals surface area contributed by atoms with E-state index in [4.69, 9.17) is 4.74 Å². The van der Waals surface area contributed by atoms with Gasteiger partial charge in [-0.25, -0.2) is 0 Å². The van der Waals surface area contributed by atoms with Crippen molar-refractivity contribution in [2.45, 2.75) is 11.8 Å². The van der Waals surface area contributed by atoms with Gasteiger partial charge in [-0.2, -0.15) is 0 Å². The number of hydrogen-bond acceptors (Lipinski definition) is 5. The molecule has 0 aromatic heterocycles. The summed E-state index contributed by atoms with van der Waals surface area (Å²) in [6.07, 6.45) is -0.141. The Morgan fingerprint density at radius 2 is 2.11 bits per heavy atom.